The Morgan fingerprint density at radius 3 is 2.47 bits per heavy atom. The van der Waals surface area contributed by atoms with E-state index in [0.717, 1.165) is 12.1 Å². The van der Waals surface area contributed by atoms with Crippen LogP contribution >= 0.6 is 0 Å². The fraction of sp³-hybridized carbons (Fsp3) is 0.154. The molecule has 0 saturated heterocycles. The molecule has 2 rings (SSSR count). The first kappa shape index (κ1) is 13.5. The Morgan fingerprint density at radius 2 is 1.84 bits per heavy atom. The molecule has 0 atom stereocenters. The maximum absolute atomic E-state index is 13.2. The number of pyridine rings is 1. The lowest BCUT2D eigenvalue weighted by atomic mass is 9.98. The SMILES string of the molecule is OCc1ncccc1-c1cc(F)ccc1C(F)(F)F. The summed E-state index contributed by atoms with van der Waals surface area (Å²) >= 11 is 0. The van der Waals surface area contributed by atoms with Gasteiger partial charge in [-0.3, -0.25) is 4.98 Å². The van der Waals surface area contributed by atoms with Crippen LogP contribution in [0.3, 0.4) is 0 Å². The Balaban J connectivity index is 2.70. The van der Waals surface area contributed by atoms with Crippen LogP contribution in [0, 0.1) is 5.82 Å². The molecule has 1 aromatic heterocycles. The smallest absolute Gasteiger partial charge is 0.390 e. The Morgan fingerprint density at radius 1 is 1.11 bits per heavy atom. The van der Waals surface area contributed by atoms with Gasteiger partial charge in [0.1, 0.15) is 5.82 Å². The van der Waals surface area contributed by atoms with E-state index >= 15 is 0 Å². The zero-order chi connectivity index (χ0) is 14.0. The molecule has 0 spiro atoms. The van der Waals surface area contributed by atoms with Crippen LogP contribution in [0.1, 0.15) is 11.3 Å². The number of aliphatic hydroxyl groups excluding tert-OH is 1. The molecule has 2 aromatic rings. The molecule has 0 bridgehead atoms. The molecule has 100 valence electrons. The van der Waals surface area contributed by atoms with E-state index in [1.54, 1.807) is 0 Å². The lowest BCUT2D eigenvalue weighted by Crippen LogP contribution is -2.08. The molecule has 0 saturated carbocycles. The molecular weight excluding hydrogens is 262 g/mol. The van der Waals surface area contributed by atoms with Crippen LogP contribution in [0.2, 0.25) is 0 Å². The van der Waals surface area contributed by atoms with Gasteiger partial charge in [-0.1, -0.05) is 6.07 Å². The Bertz CT molecular complexity index is 595. The van der Waals surface area contributed by atoms with E-state index in [1.165, 1.54) is 18.3 Å². The summed E-state index contributed by atoms with van der Waals surface area (Å²) in [5.74, 6) is -0.782. The van der Waals surface area contributed by atoms with Crippen LogP contribution in [-0.4, -0.2) is 10.1 Å². The zero-order valence-electron chi connectivity index (χ0n) is 9.58. The van der Waals surface area contributed by atoms with Crippen molar-refractivity contribution in [1.82, 2.24) is 4.98 Å². The van der Waals surface area contributed by atoms with Crippen molar-refractivity contribution in [3.8, 4) is 11.1 Å². The third kappa shape index (κ3) is 2.73. The maximum atomic E-state index is 13.2. The summed E-state index contributed by atoms with van der Waals surface area (Å²) in [7, 11) is 0. The van der Waals surface area contributed by atoms with Crippen molar-refractivity contribution >= 4 is 0 Å². The lowest BCUT2D eigenvalue weighted by molar-refractivity contribution is -0.137. The number of aromatic nitrogens is 1. The summed E-state index contributed by atoms with van der Waals surface area (Å²) in [6.07, 6.45) is -3.26. The Labute approximate surface area is 106 Å². The van der Waals surface area contributed by atoms with E-state index in [2.05, 4.69) is 4.98 Å². The number of halogens is 4. The lowest BCUT2D eigenvalue weighted by Gasteiger charge is -2.14. The van der Waals surface area contributed by atoms with E-state index < -0.39 is 24.2 Å². The second-order valence-corrected chi connectivity index (χ2v) is 3.84. The highest BCUT2D eigenvalue weighted by molar-refractivity contribution is 5.70. The van der Waals surface area contributed by atoms with Gasteiger partial charge in [0.25, 0.3) is 0 Å². The molecule has 6 heteroatoms. The Kier molecular flexibility index (Phi) is 3.53. The molecule has 0 aliphatic rings. The predicted octanol–water partition coefficient (Wildman–Crippen LogP) is 3.40. The van der Waals surface area contributed by atoms with Gasteiger partial charge >= 0.3 is 6.18 Å². The second kappa shape index (κ2) is 4.97. The summed E-state index contributed by atoms with van der Waals surface area (Å²) in [6, 6.07) is 5.02. The van der Waals surface area contributed by atoms with E-state index in [4.69, 9.17) is 5.11 Å². The molecule has 19 heavy (non-hydrogen) atoms. The van der Waals surface area contributed by atoms with Gasteiger partial charge in [0, 0.05) is 11.8 Å². The minimum Gasteiger partial charge on any atom is -0.390 e. The highest BCUT2D eigenvalue weighted by Gasteiger charge is 2.34. The minimum atomic E-state index is -4.61. The van der Waals surface area contributed by atoms with Crippen LogP contribution in [0.5, 0.6) is 0 Å². The van der Waals surface area contributed by atoms with Gasteiger partial charge in [0.05, 0.1) is 17.9 Å². The summed E-state index contributed by atoms with van der Waals surface area (Å²) < 4.78 is 51.9. The second-order valence-electron chi connectivity index (χ2n) is 3.84. The number of aliphatic hydroxyl groups is 1. The first-order valence-corrected chi connectivity index (χ1v) is 5.35. The summed E-state index contributed by atoms with van der Waals surface area (Å²) in [5.41, 5.74) is -1.16. The standard InChI is InChI=1S/C13H9F4NO/c14-8-3-4-11(13(15,16)17)10(6-8)9-2-1-5-18-12(9)7-19/h1-6,19H,7H2. The summed E-state index contributed by atoms with van der Waals surface area (Å²) in [4.78, 5) is 3.79. The van der Waals surface area contributed by atoms with Gasteiger partial charge in [-0.15, -0.1) is 0 Å². The van der Waals surface area contributed by atoms with Gasteiger partial charge < -0.3 is 5.11 Å². The molecule has 0 radical (unpaired) electrons. The first-order chi connectivity index (χ1) is 8.93. The van der Waals surface area contributed by atoms with Gasteiger partial charge in [-0.2, -0.15) is 13.2 Å². The number of benzene rings is 1. The highest BCUT2D eigenvalue weighted by Crippen LogP contribution is 2.38. The average Bonchev–Trinajstić information content (AvgIpc) is 2.37. The number of rotatable bonds is 2. The van der Waals surface area contributed by atoms with Crippen molar-refractivity contribution < 1.29 is 22.7 Å². The number of hydrogen-bond donors (Lipinski definition) is 1. The minimum absolute atomic E-state index is 0.0665. The Hall–Kier alpha value is -1.95. The normalized spacial score (nSPS) is 11.6. The van der Waals surface area contributed by atoms with Crippen molar-refractivity contribution in [3.63, 3.8) is 0 Å². The third-order valence-corrected chi connectivity index (χ3v) is 2.62. The molecule has 0 aliphatic heterocycles. The van der Waals surface area contributed by atoms with Gasteiger partial charge in [-0.05, 0) is 29.8 Å². The van der Waals surface area contributed by atoms with E-state index in [-0.39, 0.29) is 16.8 Å². The fourth-order valence-corrected chi connectivity index (χ4v) is 1.80. The van der Waals surface area contributed by atoms with Crippen molar-refractivity contribution in [2.75, 3.05) is 0 Å². The van der Waals surface area contributed by atoms with E-state index in [1.807, 2.05) is 0 Å². The molecular formula is C13H9F4NO. The molecule has 0 fully saturated rings. The number of alkyl halides is 3. The van der Waals surface area contributed by atoms with Crippen molar-refractivity contribution in [1.29, 1.82) is 0 Å². The maximum Gasteiger partial charge on any atom is 0.417 e. The van der Waals surface area contributed by atoms with Gasteiger partial charge in [-0.25, -0.2) is 4.39 Å². The van der Waals surface area contributed by atoms with Crippen LogP contribution < -0.4 is 0 Å². The zero-order valence-corrected chi connectivity index (χ0v) is 9.58. The topological polar surface area (TPSA) is 33.1 Å². The van der Waals surface area contributed by atoms with Gasteiger partial charge in [0.15, 0.2) is 0 Å². The monoisotopic (exact) mass is 271 g/mol. The predicted molar refractivity (Wildman–Crippen MR) is 60.6 cm³/mol. The molecule has 0 aliphatic carbocycles. The molecule has 0 unspecified atom stereocenters. The third-order valence-electron chi connectivity index (χ3n) is 2.62. The largest absolute Gasteiger partial charge is 0.417 e. The molecule has 1 aromatic carbocycles. The van der Waals surface area contributed by atoms with Crippen LogP contribution in [0.15, 0.2) is 36.5 Å². The summed E-state index contributed by atoms with van der Waals surface area (Å²) in [6.45, 7) is -0.524. The van der Waals surface area contributed by atoms with Crippen LogP contribution in [-0.2, 0) is 12.8 Å². The molecule has 2 nitrogen and oxygen atoms in total. The highest BCUT2D eigenvalue weighted by atomic mass is 19.4. The quantitative estimate of drug-likeness (QED) is 0.849. The number of nitrogens with zero attached hydrogens (tertiary/aromatic N) is 1. The van der Waals surface area contributed by atoms with E-state index in [9.17, 15) is 17.6 Å². The van der Waals surface area contributed by atoms with Crippen LogP contribution in [0.25, 0.3) is 11.1 Å². The fourth-order valence-electron chi connectivity index (χ4n) is 1.80. The molecule has 0 amide bonds. The van der Waals surface area contributed by atoms with Crippen molar-refractivity contribution in [2.24, 2.45) is 0 Å². The average molecular weight is 271 g/mol. The molecule has 1 heterocycles. The van der Waals surface area contributed by atoms with Crippen molar-refractivity contribution in [3.05, 3.63) is 53.6 Å². The molecule has 1 N–H and O–H groups in total. The first-order valence-electron chi connectivity index (χ1n) is 5.35. The van der Waals surface area contributed by atoms with Crippen molar-refractivity contribution in [2.45, 2.75) is 12.8 Å². The van der Waals surface area contributed by atoms with Crippen LogP contribution in [0.4, 0.5) is 17.6 Å². The van der Waals surface area contributed by atoms with E-state index in [0.29, 0.717) is 6.07 Å². The number of hydrogen-bond acceptors (Lipinski definition) is 2. The summed E-state index contributed by atoms with van der Waals surface area (Å²) in [5, 5.41) is 9.11. The van der Waals surface area contributed by atoms with Gasteiger partial charge in [0.2, 0.25) is 0 Å².